The van der Waals surface area contributed by atoms with Crippen LogP contribution >= 0.6 is 0 Å². The summed E-state index contributed by atoms with van der Waals surface area (Å²) < 4.78 is 0. The fourth-order valence-electron chi connectivity index (χ4n) is 5.55. The van der Waals surface area contributed by atoms with E-state index in [2.05, 4.69) is 58.7 Å². The first kappa shape index (κ1) is 16.1. The summed E-state index contributed by atoms with van der Waals surface area (Å²) in [6.07, 6.45) is 5.18. The highest BCUT2D eigenvalue weighted by molar-refractivity contribution is 5.98. The van der Waals surface area contributed by atoms with Gasteiger partial charge in [-0.05, 0) is 68.0 Å². The van der Waals surface area contributed by atoms with E-state index in [1.807, 2.05) is 0 Å². The highest BCUT2D eigenvalue weighted by Gasteiger charge is 2.51. The number of para-hydroxylation sites is 1. The Balaban J connectivity index is 1.55. The number of hydrogen-bond donors (Lipinski definition) is 1. The number of aryl methyl sites for hydroxylation is 1. The van der Waals surface area contributed by atoms with Gasteiger partial charge >= 0.3 is 0 Å². The van der Waals surface area contributed by atoms with Gasteiger partial charge in [0.1, 0.15) is 0 Å². The van der Waals surface area contributed by atoms with Crippen LogP contribution in [0.15, 0.2) is 48.5 Å². The van der Waals surface area contributed by atoms with Crippen LogP contribution in [-0.2, 0) is 23.1 Å². The summed E-state index contributed by atoms with van der Waals surface area (Å²) in [5, 5.41) is 3.50. The van der Waals surface area contributed by atoms with Crippen molar-refractivity contribution in [3.8, 4) is 0 Å². The SMILES string of the molecule is O=C(C1Cc2ccccc2C12CCNCC2)N1CCCc2ccccc21. The third-order valence-electron chi connectivity index (χ3n) is 6.81. The van der Waals surface area contributed by atoms with Gasteiger partial charge in [-0.25, -0.2) is 0 Å². The van der Waals surface area contributed by atoms with Crippen molar-refractivity contribution in [2.45, 2.75) is 37.5 Å². The minimum Gasteiger partial charge on any atom is -0.317 e. The molecule has 1 spiro atoms. The van der Waals surface area contributed by atoms with E-state index in [4.69, 9.17) is 0 Å². The summed E-state index contributed by atoms with van der Waals surface area (Å²) in [5.41, 5.74) is 5.31. The van der Waals surface area contributed by atoms with Crippen LogP contribution in [0.1, 0.15) is 36.0 Å². The molecule has 1 saturated heterocycles. The lowest BCUT2D eigenvalue weighted by Crippen LogP contribution is -2.50. The van der Waals surface area contributed by atoms with Gasteiger partial charge < -0.3 is 10.2 Å². The standard InChI is InChI=1S/C23H26N2O/c26-22(25-15-5-8-17-6-2-4-10-21(17)25)20-16-18-7-1-3-9-19(18)23(20)11-13-24-14-12-23/h1-4,6-7,9-10,20,24H,5,8,11-16H2. The average molecular weight is 346 g/mol. The molecule has 2 aromatic carbocycles. The first-order chi connectivity index (χ1) is 12.8. The largest absolute Gasteiger partial charge is 0.317 e. The van der Waals surface area contributed by atoms with E-state index < -0.39 is 0 Å². The van der Waals surface area contributed by atoms with Crippen molar-refractivity contribution in [2.75, 3.05) is 24.5 Å². The Kier molecular flexibility index (Phi) is 3.86. The van der Waals surface area contributed by atoms with Crippen molar-refractivity contribution >= 4 is 11.6 Å². The molecular weight excluding hydrogens is 320 g/mol. The fourth-order valence-corrected chi connectivity index (χ4v) is 5.55. The van der Waals surface area contributed by atoms with Gasteiger partial charge in [-0.15, -0.1) is 0 Å². The molecule has 26 heavy (non-hydrogen) atoms. The number of hydrogen-bond acceptors (Lipinski definition) is 2. The van der Waals surface area contributed by atoms with Crippen molar-refractivity contribution in [1.29, 1.82) is 0 Å². The summed E-state index contributed by atoms with van der Waals surface area (Å²) in [6.45, 7) is 2.88. The van der Waals surface area contributed by atoms with Crippen LogP contribution < -0.4 is 10.2 Å². The van der Waals surface area contributed by atoms with Gasteiger partial charge in [-0.3, -0.25) is 4.79 Å². The third kappa shape index (κ3) is 2.34. The molecule has 2 heterocycles. The maximum absolute atomic E-state index is 13.8. The van der Waals surface area contributed by atoms with E-state index in [1.54, 1.807) is 0 Å². The molecule has 5 rings (SSSR count). The molecule has 1 unspecified atom stereocenters. The van der Waals surface area contributed by atoms with E-state index >= 15 is 0 Å². The van der Waals surface area contributed by atoms with E-state index in [9.17, 15) is 4.79 Å². The van der Waals surface area contributed by atoms with Gasteiger partial charge in [0.05, 0.1) is 5.92 Å². The molecule has 3 aliphatic rings. The lowest BCUT2D eigenvalue weighted by molar-refractivity contribution is -0.124. The minimum atomic E-state index is 0.0192. The number of benzene rings is 2. The van der Waals surface area contributed by atoms with Crippen LogP contribution in [0.4, 0.5) is 5.69 Å². The Hall–Kier alpha value is -2.13. The van der Waals surface area contributed by atoms with Crippen molar-refractivity contribution in [3.05, 3.63) is 65.2 Å². The second-order valence-corrected chi connectivity index (χ2v) is 8.04. The van der Waals surface area contributed by atoms with Gasteiger partial charge in [0, 0.05) is 17.6 Å². The van der Waals surface area contributed by atoms with Crippen LogP contribution in [0.5, 0.6) is 0 Å². The number of carbonyl (C=O) groups is 1. The number of fused-ring (bicyclic) bond motifs is 3. The fraction of sp³-hybridized carbons (Fsp3) is 0.435. The van der Waals surface area contributed by atoms with E-state index in [0.29, 0.717) is 5.91 Å². The predicted molar refractivity (Wildman–Crippen MR) is 105 cm³/mol. The van der Waals surface area contributed by atoms with E-state index in [-0.39, 0.29) is 11.3 Å². The van der Waals surface area contributed by atoms with Crippen LogP contribution in [0.3, 0.4) is 0 Å². The smallest absolute Gasteiger partial charge is 0.231 e. The van der Waals surface area contributed by atoms with Crippen molar-refractivity contribution in [1.82, 2.24) is 5.32 Å². The second-order valence-electron chi connectivity index (χ2n) is 8.04. The minimum absolute atomic E-state index is 0.0192. The van der Waals surface area contributed by atoms with Crippen molar-refractivity contribution < 1.29 is 4.79 Å². The lowest BCUT2D eigenvalue weighted by atomic mass is 9.68. The number of amides is 1. The predicted octanol–water partition coefficient (Wildman–Crippen LogP) is 3.46. The zero-order chi connectivity index (χ0) is 17.6. The van der Waals surface area contributed by atoms with Crippen LogP contribution in [0.2, 0.25) is 0 Å². The van der Waals surface area contributed by atoms with Gasteiger partial charge in [-0.2, -0.15) is 0 Å². The zero-order valence-electron chi connectivity index (χ0n) is 15.2. The third-order valence-corrected chi connectivity index (χ3v) is 6.81. The summed E-state index contributed by atoms with van der Waals surface area (Å²) in [5.74, 6) is 0.420. The number of carbonyl (C=O) groups excluding carboxylic acids is 1. The zero-order valence-corrected chi connectivity index (χ0v) is 15.2. The molecule has 0 saturated carbocycles. The van der Waals surface area contributed by atoms with Gasteiger partial charge in [0.15, 0.2) is 0 Å². The molecule has 1 atom stereocenters. The monoisotopic (exact) mass is 346 g/mol. The molecule has 0 radical (unpaired) electrons. The van der Waals surface area contributed by atoms with Gasteiger partial charge in [0.2, 0.25) is 5.91 Å². The number of nitrogens with one attached hydrogen (secondary N) is 1. The lowest BCUT2D eigenvalue weighted by Gasteiger charge is -2.42. The molecule has 3 heteroatoms. The Morgan fingerprint density at radius 3 is 2.58 bits per heavy atom. The summed E-state index contributed by atoms with van der Waals surface area (Å²) in [4.78, 5) is 15.9. The average Bonchev–Trinajstić information content (AvgIpc) is 3.01. The summed E-state index contributed by atoms with van der Waals surface area (Å²) >= 11 is 0. The molecule has 134 valence electrons. The summed E-state index contributed by atoms with van der Waals surface area (Å²) in [7, 11) is 0. The highest BCUT2D eigenvalue weighted by Crippen LogP contribution is 2.50. The molecule has 1 N–H and O–H groups in total. The quantitative estimate of drug-likeness (QED) is 0.858. The van der Waals surface area contributed by atoms with Crippen LogP contribution in [0, 0.1) is 5.92 Å². The molecule has 0 bridgehead atoms. The Morgan fingerprint density at radius 2 is 1.73 bits per heavy atom. The maximum Gasteiger partial charge on any atom is 0.231 e. The first-order valence-electron chi connectivity index (χ1n) is 9.98. The molecule has 2 aliphatic heterocycles. The maximum atomic E-state index is 13.8. The number of piperidine rings is 1. The summed E-state index contributed by atoms with van der Waals surface area (Å²) in [6, 6.07) is 17.2. The molecule has 1 aliphatic carbocycles. The molecule has 2 aromatic rings. The highest BCUT2D eigenvalue weighted by atomic mass is 16.2. The van der Waals surface area contributed by atoms with Gasteiger partial charge in [0.25, 0.3) is 0 Å². The first-order valence-corrected chi connectivity index (χ1v) is 9.98. The topological polar surface area (TPSA) is 32.3 Å². The number of anilines is 1. The van der Waals surface area contributed by atoms with Crippen molar-refractivity contribution in [3.63, 3.8) is 0 Å². The van der Waals surface area contributed by atoms with E-state index in [1.165, 1.54) is 16.7 Å². The Labute approximate surface area is 155 Å². The molecule has 0 aromatic heterocycles. The molecular formula is C23H26N2O. The number of rotatable bonds is 1. The normalized spacial score (nSPS) is 23.5. The van der Waals surface area contributed by atoms with Gasteiger partial charge in [-0.1, -0.05) is 42.5 Å². The Bertz CT molecular complexity index is 838. The van der Waals surface area contributed by atoms with Crippen molar-refractivity contribution in [2.24, 2.45) is 5.92 Å². The Morgan fingerprint density at radius 1 is 1.00 bits per heavy atom. The van der Waals surface area contributed by atoms with Crippen LogP contribution in [-0.4, -0.2) is 25.5 Å². The number of nitrogens with zero attached hydrogens (tertiary/aromatic N) is 1. The second kappa shape index (κ2) is 6.24. The molecule has 1 amide bonds. The molecule has 1 fully saturated rings. The van der Waals surface area contributed by atoms with E-state index in [0.717, 1.165) is 57.4 Å². The van der Waals surface area contributed by atoms with Crippen LogP contribution in [0.25, 0.3) is 0 Å². The molecule has 3 nitrogen and oxygen atoms in total.